The molecule has 0 bridgehead atoms. The fourth-order valence-electron chi connectivity index (χ4n) is 4.34. The van der Waals surface area contributed by atoms with Gasteiger partial charge >= 0.3 is 0 Å². The molecule has 1 aliphatic heterocycles. The molecule has 2 heterocycles. The fourth-order valence-corrected chi connectivity index (χ4v) is 5.75. The van der Waals surface area contributed by atoms with E-state index in [0.29, 0.717) is 6.04 Å². The number of rotatable bonds is 6. The van der Waals surface area contributed by atoms with E-state index < -0.39 is 0 Å². The number of hydrogen-bond acceptors (Lipinski definition) is 4. The van der Waals surface area contributed by atoms with Crippen LogP contribution in [0.4, 0.5) is 0 Å². The van der Waals surface area contributed by atoms with Crippen LogP contribution in [-0.4, -0.2) is 44.6 Å². The van der Waals surface area contributed by atoms with Gasteiger partial charge in [-0.05, 0) is 45.2 Å². The van der Waals surface area contributed by atoms with Gasteiger partial charge in [0, 0.05) is 28.6 Å². The summed E-state index contributed by atoms with van der Waals surface area (Å²) in [5, 5.41) is 11.6. The summed E-state index contributed by atoms with van der Waals surface area (Å²) in [6.07, 6.45) is 7.10. The van der Waals surface area contributed by atoms with Crippen LogP contribution in [0.25, 0.3) is 0 Å². The van der Waals surface area contributed by atoms with E-state index in [0.717, 1.165) is 50.1 Å². The van der Waals surface area contributed by atoms with Crippen LogP contribution in [0.2, 0.25) is 0 Å². The Labute approximate surface area is 201 Å². The molecule has 1 saturated carbocycles. The molecular weight excluding hydrogens is 507 g/mol. The number of nitrogens with one attached hydrogen (secondary N) is 2. The van der Waals surface area contributed by atoms with Crippen molar-refractivity contribution in [2.24, 2.45) is 4.99 Å². The van der Waals surface area contributed by atoms with Crippen LogP contribution in [0.15, 0.2) is 40.2 Å². The van der Waals surface area contributed by atoms with Gasteiger partial charge in [-0.25, -0.2) is 9.67 Å². The number of aryl methyl sites for hydroxylation is 2. The first-order valence-electron chi connectivity index (χ1n) is 10.8. The van der Waals surface area contributed by atoms with Crippen molar-refractivity contribution in [1.29, 1.82) is 0 Å². The highest BCUT2D eigenvalue weighted by molar-refractivity contribution is 14.0. The smallest absolute Gasteiger partial charge is 0.191 e. The molecule has 2 aliphatic rings. The van der Waals surface area contributed by atoms with Crippen LogP contribution < -0.4 is 10.6 Å². The van der Waals surface area contributed by atoms with Crippen molar-refractivity contribution in [3.05, 3.63) is 42.0 Å². The molecule has 30 heavy (non-hydrogen) atoms. The molecule has 0 saturated heterocycles. The summed E-state index contributed by atoms with van der Waals surface area (Å²) in [5.41, 5.74) is 0. The lowest BCUT2D eigenvalue weighted by Crippen LogP contribution is -2.47. The van der Waals surface area contributed by atoms with Gasteiger partial charge < -0.3 is 10.6 Å². The minimum absolute atomic E-state index is 0. The first kappa shape index (κ1) is 23.4. The maximum absolute atomic E-state index is 5.05. The lowest BCUT2D eigenvalue weighted by Gasteiger charge is -2.28. The Morgan fingerprint density at radius 1 is 1.27 bits per heavy atom. The van der Waals surface area contributed by atoms with E-state index in [-0.39, 0.29) is 28.7 Å². The monoisotopic (exact) mass is 540 g/mol. The van der Waals surface area contributed by atoms with E-state index in [1.165, 1.54) is 30.6 Å². The van der Waals surface area contributed by atoms with Crippen LogP contribution in [0.1, 0.15) is 50.7 Å². The van der Waals surface area contributed by atoms with Crippen LogP contribution in [0.3, 0.4) is 0 Å². The normalized spacial score (nSPS) is 20.3. The number of benzene rings is 1. The molecule has 2 aromatic rings. The number of halogens is 1. The zero-order valence-electron chi connectivity index (χ0n) is 17.9. The second kappa shape index (κ2) is 10.8. The highest BCUT2D eigenvalue weighted by Crippen LogP contribution is 2.45. The zero-order chi connectivity index (χ0) is 20.1. The third kappa shape index (κ3) is 5.90. The molecule has 1 unspecified atom stereocenters. The average molecular weight is 541 g/mol. The number of thioether (sulfide) groups is 1. The Morgan fingerprint density at radius 2 is 2.03 bits per heavy atom. The Bertz CT molecular complexity index is 831. The summed E-state index contributed by atoms with van der Waals surface area (Å²) in [6.45, 7) is 6.66. The Balaban J connectivity index is 0.00000256. The summed E-state index contributed by atoms with van der Waals surface area (Å²) in [4.78, 5) is 10.9. The molecule has 1 fully saturated rings. The maximum Gasteiger partial charge on any atom is 0.191 e. The minimum atomic E-state index is 0. The summed E-state index contributed by atoms with van der Waals surface area (Å²) in [6, 6.07) is 11.1. The molecule has 2 N–H and O–H groups in total. The summed E-state index contributed by atoms with van der Waals surface area (Å²) < 4.78 is 2.26. The number of hydrogen-bond donors (Lipinski definition) is 2. The van der Waals surface area contributed by atoms with Crippen LogP contribution in [0.5, 0.6) is 0 Å². The van der Waals surface area contributed by atoms with Gasteiger partial charge in [0.05, 0.1) is 13.1 Å². The Morgan fingerprint density at radius 3 is 2.77 bits per heavy atom. The van der Waals surface area contributed by atoms with Crippen LogP contribution >= 0.6 is 35.7 Å². The van der Waals surface area contributed by atoms with Gasteiger partial charge in [0.25, 0.3) is 0 Å². The van der Waals surface area contributed by atoms with E-state index in [1.54, 1.807) is 0 Å². The Kier molecular flexibility index (Phi) is 8.44. The maximum atomic E-state index is 5.05. The largest absolute Gasteiger partial charge is 0.357 e. The first-order valence-corrected chi connectivity index (χ1v) is 11.7. The molecule has 6 nitrogen and oxygen atoms in total. The molecule has 0 spiro atoms. The van der Waals surface area contributed by atoms with E-state index in [4.69, 9.17) is 4.99 Å². The van der Waals surface area contributed by atoms with E-state index in [2.05, 4.69) is 58.0 Å². The van der Waals surface area contributed by atoms with E-state index in [9.17, 15) is 0 Å². The highest BCUT2D eigenvalue weighted by Gasteiger charge is 2.35. The molecule has 8 heteroatoms. The van der Waals surface area contributed by atoms with Crippen molar-refractivity contribution in [2.45, 2.75) is 74.6 Å². The van der Waals surface area contributed by atoms with Crippen molar-refractivity contribution in [3.8, 4) is 0 Å². The zero-order valence-corrected chi connectivity index (χ0v) is 21.1. The first-order chi connectivity index (χ1) is 14.2. The predicted molar refractivity (Wildman–Crippen MR) is 135 cm³/mol. The van der Waals surface area contributed by atoms with Crippen molar-refractivity contribution in [3.63, 3.8) is 0 Å². The number of aliphatic imine (C=N–C) groups is 1. The molecule has 1 aromatic carbocycles. The van der Waals surface area contributed by atoms with Gasteiger partial charge in [-0.1, -0.05) is 31.0 Å². The third-order valence-electron chi connectivity index (χ3n) is 5.77. The summed E-state index contributed by atoms with van der Waals surface area (Å²) in [7, 11) is 0. The second-order valence-corrected chi connectivity index (χ2v) is 9.68. The number of aromatic nitrogens is 3. The van der Waals surface area contributed by atoms with Crippen LogP contribution in [0, 0.1) is 6.92 Å². The topological polar surface area (TPSA) is 67.1 Å². The van der Waals surface area contributed by atoms with Gasteiger partial charge in [-0.15, -0.1) is 35.7 Å². The van der Waals surface area contributed by atoms with Crippen molar-refractivity contribution in [1.82, 2.24) is 25.4 Å². The van der Waals surface area contributed by atoms with Crippen LogP contribution in [-0.2, 0) is 13.0 Å². The van der Waals surface area contributed by atoms with Gasteiger partial charge in [-0.2, -0.15) is 5.10 Å². The van der Waals surface area contributed by atoms with Gasteiger partial charge in [-0.3, -0.25) is 4.99 Å². The third-order valence-corrected chi connectivity index (χ3v) is 7.24. The number of nitrogens with zero attached hydrogens (tertiary/aromatic N) is 4. The molecule has 0 amide bonds. The van der Waals surface area contributed by atoms with Gasteiger partial charge in [0.1, 0.15) is 11.6 Å². The average Bonchev–Trinajstić information content (AvgIpc) is 3.33. The van der Waals surface area contributed by atoms with Crippen molar-refractivity contribution < 1.29 is 0 Å². The standard InChI is InChI=1S/C22H32N6S.HI/c1-3-23-21(26-18-11-12-20-25-17(2)27-28(20)15-18)24-16-22(13-7-8-14-22)29-19-9-5-4-6-10-19;/h4-6,9-10,18H,3,7-8,11-16H2,1-2H3,(H2,23,24,26);1H. The van der Waals surface area contributed by atoms with Crippen molar-refractivity contribution >= 4 is 41.7 Å². The van der Waals surface area contributed by atoms with E-state index >= 15 is 0 Å². The lowest BCUT2D eigenvalue weighted by atomic mass is 10.1. The quantitative estimate of drug-likeness (QED) is 0.327. The summed E-state index contributed by atoms with van der Waals surface area (Å²) in [5.74, 6) is 2.90. The van der Waals surface area contributed by atoms with E-state index in [1.807, 2.05) is 23.4 Å². The molecule has 1 atom stereocenters. The number of fused-ring (bicyclic) bond motifs is 1. The lowest BCUT2D eigenvalue weighted by molar-refractivity contribution is 0.392. The SMILES string of the molecule is CCNC(=NCC1(Sc2ccccc2)CCCC1)NC1CCc2nc(C)nn2C1.I. The fraction of sp³-hybridized carbons (Fsp3) is 0.591. The molecule has 0 radical (unpaired) electrons. The molecule has 4 rings (SSSR count). The summed E-state index contributed by atoms with van der Waals surface area (Å²) >= 11 is 2.01. The highest BCUT2D eigenvalue weighted by atomic mass is 127. The van der Waals surface area contributed by atoms with Gasteiger partial charge in [0.2, 0.25) is 0 Å². The molecule has 164 valence electrons. The molecule has 1 aliphatic carbocycles. The second-order valence-electron chi connectivity index (χ2n) is 8.14. The minimum Gasteiger partial charge on any atom is -0.357 e. The molecular formula is C22H33IN6S. The number of guanidine groups is 1. The van der Waals surface area contributed by atoms with Gasteiger partial charge in [0.15, 0.2) is 5.96 Å². The predicted octanol–water partition coefficient (Wildman–Crippen LogP) is 4.18. The van der Waals surface area contributed by atoms with Crippen molar-refractivity contribution in [2.75, 3.05) is 13.1 Å². The Hall–Kier alpha value is -1.29. The molecule has 1 aromatic heterocycles.